The number of ether oxygens (including phenoxy) is 1. The first-order chi connectivity index (χ1) is 13.2. The minimum Gasteiger partial charge on any atom is -0.406 e. The summed E-state index contributed by atoms with van der Waals surface area (Å²) in [5.41, 5.74) is 2.75. The molecule has 1 heterocycles. The van der Waals surface area contributed by atoms with Gasteiger partial charge in [-0.05, 0) is 36.8 Å². The van der Waals surface area contributed by atoms with Crippen molar-refractivity contribution in [1.29, 1.82) is 0 Å². The van der Waals surface area contributed by atoms with Gasteiger partial charge in [-0.3, -0.25) is 0 Å². The monoisotopic (exact) mass is 452 g/mol. The molecule has 1 aromatic heterocycles. The van der Waals surface area contributed by atoms with Gasteiger partial charge < -0.3 is 15.4 Å². The molecule has 5 nitrogen and oxygen atoms in total. The lowest BCUT2D eigenvalue weighted by atomic mass is 10.1. The fraction of sp³-hybridized carbons (Fsp3) is 0.158. The van der Waals surface area contributed by atoms with Gasteiger partial charge in [-0.2, -0.15) is 4.98 Å². The summed E-state index contributed by atoms with van der Waals surface area (Å²) >= 11 is 3.48. The molecular weight excluding hydrogens is 437 g/mol. The maximum absolute atomic E-state index is 12.5. The Balaban J connectivity index is 1.98. The van der Waals surface area contributed by atoms with E-state index in [0.717, 1.165) is 15.7 Å². The first-order valence-electron chi connectivity index (χ1n) is 8.20. The van der Waals surface area contributed by atoms with E-state index in [4.69, 9.17) is 0 Å². The molecule has 9 heteroatoms. The van der Waals surface area contributed by atoms with Gasteiger partial charge in [0.2, 0.25) is 5.95 Å². The fourth-order valence-corrected chi connectivity index (χ4v) is 2.87. The van der Waals surface area contributed by atoms with Gasteiger partial charge in [0, 0.05) is 28.8 Å². The average Bonchev–Trinajstić information content (AvgIpc) is 2.64. The van der Waals surface area contributed by atoms with Gasteiger partial charge in [0.15, 0.2) is 0 Å². The summed E-state index contributed by atoms with van der Waals surface area (Å²) in [5, 5.41) is 6.08. The van der Waals surface area contributed by atoms with Crippen LogP contribution >= 0.6 is 15.9 Å². The molecule has 146 valence electrons. The standard InChI is InChI=1S/C19H16BrF3N4O/c1-11-14(20)7-4-8-15(11)25-17-10-16(26-18(24-2)27-17)12-5-3-6-13(9-12)28-19(21,22)23/h3-10H,1-2H3,(H2,24,25,26,27). The van der Waals surface area contributed by atoms with Gasteiger partial charge in [-0.15, -0.1) is 13.2 Å². The summed E-state index contributed by atoms with van der Waals surface area (Å²) in [7, 11) is 1.66. The van der Waals surface area contributed by atoms with E-state index in [1.165, 1.54) is 18.2 Å². The van der Waals surface area contributed by atoms with Crippen LogP contribution in [-0.2, 0) is 0 Å². The molecule has 0 saturated heterocycles. The highest BCUT2D eigenvalue weighted by molar-refractivity contribution is 9.10. The van der Waals surface area contributed by atoms with Crippen molar-refractivity contribution in [3.05, 3.63) is 58.6 Å². The van der Waals surface area contributed by atoms with Crippen LogP contribution in [0.2, 0.25) is 0 Å². The van der Waals surface area contributed by atoms with E-state index in [0.29, 0.717) is 23.0 Å². The molecule has 0 fully saturated rings. The number of hydrogen-bond donors (Lipinski definition) is 2. The molecule has 0 saturated carbocycles. The van der Waals surface area contributed by atoms with Crippen molar-refractivity contribution in [2.45, 2.75) is 13.3 Å². The lowest BCUT2D eigenvalue weighted by Crippen LogP contribution is -2.17. The number of aromatic nitrogens is 2. The Morgan fingerprint density at radius 1 is 1.04 bits per heavy atom. The Kier molecular flexibility index (Phi) is 5.73. The highest BCUT2D eigenvalue weighted by Crippen LogP contribution is 2.30. The Bertz CT molecular complexity index is 995. The van der Waals surface area contributed by atoms with Crippen LogP contribution in [0.4, 0.5) is 30.6 Å². The molecular formula is C19H16BrF3N4O. The number of hydrogen-bond acceptors (Lipinski definition) is 5. The van der Waals surface area contributed by atoms with Crippen molar-refractivity contribution in [2.75, 3.05) is 17.7 Å². The normalized spacial score (nSPS) is 11.2. The van der Waals surface area contributed by atoms with E-state index in [1.807, 2.05) is 25.1 Å². The van der Waals surface area contributed by atoms with E-state index in [2.05, 4.69) is 41.3 Å². The lowest BCUT2D eigenvalue weighted by Gasteiger charge is -2.13. The maximum Gasteiger partial charge on any atom is 0.573 e. The highest BCUT2D eigenvalue weighted by atomic mass is 79.9. The van der Waals surface area contributed by atoms with Gasteiger partial charge in [0.05, 0.1) is 5.69 Å². The van der Waals surface area contributed by atoms with E-state index in [-0.39, 0.29) is 5.75 Å². The fourth-order valence-electron chi connectivity index (χ4n) is 2.50. The Morgan fingerprint density at radius 3 is 2.50 bits per heavy atom. The molecule has 28 heavy (non-hydrogen) atoms. The van der Waals surface area contributed by atoms with Crippen LogP contribution in [0.3, 0.4) is 0 Å². The van der Waals surface area contributed by atoms with E-state index in [1.54, 1.807) is 19.2 Å². The number of benzene rings is 2. The predicted octanol–water partition coefficient (Wildman–Crippen LogP) is 5.90. The Hall–Kier alpha value is -2.81. The Labute approximate surface area is 168 Å². The van der Waals surface area contributed by atoms with Gasteiger partial charge in [0.1, 0.15) is 11.6 Å². The first-order valence-corrected chi connectivity index (χ1v) is 8.99. The summed E-state index contributed by atoms with van der Waals surface area (Å²) in [6.45, 7) is 1.95. The highest BCUT2D eigenvalue weighted by Gasteiger charge is 2.31. The van der Waals surface area contributed by atoms with E-state index < -0.39 is 6.36 Å². The topological polar surface area (TPSA) is 59.1 Å². The lowest BCUT2D eigenvalue weighted by molar-refractivity contribution is -0.274. The molecule has 0 unspecified atom stereocenters. The van der Waals surface area contributed by atoms with Crippen molar-refractivity contribution in [3.8, 4) is 17.0 Å². The second-order valence-electron chi connectivity index (χ2n) is 5.83. The zero-order valence-corrected chi connectivity index (χ0v) is 16.5. The van der Waals surface area contributed by atoms with Gasteiger partial charge in [0.25, 0.3) is 0 Å². The van der Waals surface area contributed by atoms with Crippen LogP contribution < -0.4 is 15.4 Å². The van der Waals surface area contributed by atoms with E-state index in [9.17, 15) is 13.2 Å². The summed E-state index contributed by atoms with van der Waals surface area (Å²) in [6, 6.07) is 13.0. The van der Waals surface area contributed by atoms with Crippen molar-refractivity contribution in [3.63, 3.8) is 0 Å². The predicted molar refractivity (Wildman–Crippen MR) is 106 cm³/mol. The molecule has 0 bridgehead atoms. The third kappa shape index (κ3) is 4.92. The quantitative estimate of drug-likeness (QED) is 0.504. The van der Waals surface area contributed by atoms with Gasteiger partial charge >= 0.3 is 6.36 Å². The van der Waals surface area contributed by atoms with Crippen LogP contribution in [0.15, 0.2) is 53.0 Å². The molecule has 3 rings (SSSR count). The third-order valence-corrected chi connectivity index (χ3v) is 4.70. The molecule has 0 radical (unpaired) electrons. The minimum absolute atomic E-state index is 0.313. The maximum atomic E-state index is 12.5. The molecule has 2 N–H and O–H groups in total. The average molecular weight is 453 g/mol. The number of alkyl halides is 3. The summed E-state index contributed by atoms with van der Waals surface area (Å²) in [4.78, 5) is 8.70. The molecule has 0 atom stereocenters. The molecule has 0 aliphatic rings. The minimum atomic E-state index is -4.76. The molecule has 0 spiro atoms. The summed E-state index contributed by atoms with van der Waals surface area (Å²) in [5.74, 6) is 0.513. The number of anilines is 3. The van der Waals surface area contributed by atoms with Crippen molar-refractivity contribution in [1.82, 2.24) is 9.97 Å². The molecule has 0 aliphatic carbocycles. The SMILES string of the molecule is CNc1nc(Nc2cccc(Br)c2C)cc(-c2cccc(OC(F)(F)F)c2)n1. The van der Waals surface area contributed by atoms with Crippen molar-refractivity contribution >= 4 is 33.4 Å². The van der Waals surface area contributed by atoms with Crippen LogP contribution in [0.25, 0.3) is 11.3 Å². The smallest absolute Gasteiger partial charge is 0.406 e. The molecule has 0 aliphatic heterocycles. The zero-order valence-electron chi connectivity index (χ0n) is 14.9. The zero-order chi connectivity index (χ0) is 20.3. The summed E-state index contributed by atoms with van der Waals surface area (Å²) in [6.07, 6.45) is -4.76. The second-order valence-corrected chi connectivity index (χ2v) is 6.68. The van der Waals surface area contributed by atoms with Crippen LogP contribution in [-0.4, -0.2) is 23.4 Å². The van der Waals surface area contributed by atoms with Gasteiger partial charge in [-0.25, -0.2) is 4.98 Å². The first kappa shape index (κ1) is 19.9. The second kappa shape index (κ2) is 8.05. The number of nitrogens with zero attached hydrogens (tertiary/aromatic N) is 2. The largest absolute Gasteiger partial charge is 0.573 e. The third-order valence-electron chi connectivity index (χ3n) is 3.84. The number of halogens is 4. The summed E-state index contributed by atoms with van der Waals surface area (Å²) < 4.78 is 42.4. The van der Waals surface area contributed by atoms with Crippen molar-refractivity contribution < 1.29 is 17.9 Å². The molecule has 2 aromatic carbocycles. The van der Waals surface area contributed by atoms with Gasteiger partial charge in [-0.1, -0.05) is 34.1 Å². The van der Waals surface area contributed by atoms with E-state index >= 15 is 0 Å². The van der Waals surface area contributed by atoms with Crippen LogP contribution in [0, 0.1) is 6.92 Å². The van der Waals surface area contributed by atoms with Crippen LogP contribution in [0.5, 0.6) is 5.75 Å². The molecule has 0 amide bonds. The Morgan fingerprint density at radius 2 is 1.79 bits per heavy atom. The van der Waals surface area contributed by atoms with Crippen LogP contribution in [0.1, 0.15) is 5.56 Å². The van der Waals surface area contributed by atoms with Crippen molar-refractivity contribution in [2.24, 2.45) is 0 Å². The molecule has 3 aromatic rings. The number of rotatable bonds is 5. The number of nitrogens with one attached hydrogen (secondary N) is 2.